The Bertz CT molecular complexity index is 172. The highest BCUT2D eigenvalue weighted by atomic mass is 35.5. The van der Waals surface area contributed by atoms with Gasteiger partial charge in [0.25, 0.3) is 0 Å². The SMILES string of the molecule is CN(CCO)C(=O)C1CCCNC1.Cl. The Morgan fingerprint density at radius 2 is 2.36 bits per heavy atom. The maximum Gasteiger partial charge on any atom is 0.226 e. The number of nitrogens with one attached hydrogen (secondary N) is 1. The van der Waals surface area contributed by atoms with E-state index in [1.54, 1.807) is 11.9 Å². The molecule has 0 aromatic heterocycles. The third-order valence-electron chi connectivity index (χ3n) is 2.46. The molecule has 84 valence electrons. The number of piperidine rings is 1. The number of aliphatic hydroxyl groups excluding tert-OH is 1. The minimum absolute atomic E-state index is 0. The number of aliphatic hydroxyl groups is 1. The molecule has 0 aromatic carbocycles. The van der Waals surface area contributed by atoms with Crippen molar-refractivity contribution < 1.29 is 9.90 Å². The highest BCUT2D eigenvalue weighted by molar-refractivity contribution is 5.85. The largest absolute Gasteiger partial charge is 0.395 e. The molecule has 0 aliphatic carbocycles. The molecule has 1 amide bonds. The van der Waals surface area contributed by atoms with Gasteiger partial charge in [-0.15, -0.1) is 12.4 Å². The molecule has 1 rings (SSSR count). The van der Waals surface area contributed by atoms with Crippen molar-refractivity contribution in [2.75, 3.05) is 33.3 Å². The highest BCUT2D eigenvalue weighted by Crippen LogP contribution is 2.12. The van der Waals surface area contributed by atoms with Crippen LogP contribution in [0.4, 0.5) is 0 Å². The van der Waals surface area contributed by atoms with Crippen molar-refractivity contribution in [3.63, 3.8) is 0 Å². The zero-order chi connectivity index (χ0) is 9.68. The molecule has 14 heavy (non-hydrogen) atoms. The Labute approximate surface area is 91.1 Å². The number of hydrogen-bond acceptors (Lipinski definition) is 3. The maximum absolute atomic E-state index is 11.7. The van der Waals surface area contributed by atoms with E-state index in [0.717, 1.165) is 25.9 Å². The van der Waals surface area contributed by atoms with Gasteiger partial charge in [0.2, 0.25) is 5.91 Å². The first-order valence-corrected chi connectivity index (χ1v) is 4.82. The van der Waals surface area contributed by atoms with Gasteiger partial charge in [0.05, 0.1) is 12.5 Å². The fourth-order valence-electron chi connectivity index (χ4n) is 1.63. The van der Waals surface area contributed by atoms with Crippen LogP contribution in [0.3, 0.4) is 0 Å². The van der Waals surface area contributed by atoms with Crippen molar-refractivity contribution >= 4 is 18.3 Å². The van der Waals surface area contributed by atoms with E-state index in [1.165, 1.54) is 0 Å². The summed E-state index contributed by atoms with van der Waals surface area (Å²) < 4.78 is 0. The molecule has 1 aliphatic heterocycles. The molecule has 0 spiro atoms. The number of carbonyl (C=O) groups is 1. The van der Waals surface area contributed by atoms with E-state index in [-0.39, 0.29) is 30.8 Å². The van der Waals surface area contributed by atoms with Crippen molar-refractivity contribution in [1.29, 1.82) is 0 Å². The number of hydrogen-bond donors (Lipinski definition) is 2. The zero-order valence-electron chi connectivity index (χ0n) is 8.53. The van der Waals surface area contributed by atoms with Gasteiger partial charge >= 0.3 is 0 Å². The van der Waals surface area contributed by atoms with Crippen LogP contribution >= 0.6 is 12.4 Å². The first-order valence-electron chi connectivity index (χ1n) is 4.82. The van der Waals surface area contributed by atoms with Gasteiger partial charge in [0.1, 0.15) is 0 Å². The summed E-state index contributed by atoms with van der Waals surface area (Å²) in [5, 5.41) is 11.9. The third-order valence-corrected chi connectivity index (χ3v) is 2.46. The van der Waals surface area contributed by atoms with Crippen LogP contribution in [0.25, 0.3) is 0 Å². The summed E-state index contributed by atoms with van der Waals surface area (Å²) in [5.41, 5.74) is 0. The average Bonchev–Trinajstić information content (AvgIpc) is 2.18. The first kappa shape index (κ1) is 13.7. The fraction of sp³-hybridized carbons (Fsp3) is 0.889. The number of nitrogens with zero attached hydrogens (tertiary/aromatic N) is 1. The second-order valence-electron chi connectivity index (χ2n) is 3.53. The normalized spacial score (nSPS) is 21.1. The van der Waals surface area contributed by atoms with Crippen LogP contribution < -0.4 is 5.32 Å². The molecule has 1 aliphatic rings. The summed E-state index contributed by atoms with van der Waals surface area (Å²) >= 11 is 0. The molecule has 0 saturated carbocycles. The monoisotopic (exact) mass is 222 g/mol. The number of amides is 1. The number of carbonyl (C=O) groups excluding carboxylic acids is 1. The fourth-order valence-corrected chi connectivity index (χ4v) is 1.63. The molecule has 4 nitrogen and oxygen atoms in total. The Kier molecular flexibility index (Phi) is 6.87. The van der Waals surface area contributed by atoms with Gasteiger partial charge in [0.15, 0.2) is 0 Å². The molecular weight excluding hydrogens is 204 g/mol. The molecule has 1 atom stereocenters. The molecule has 5 heteroatoms. The summed E-state index contributed by atoms with van der Waals surface area (Å²) in [6, 6.07) is 0. The molecule has 1 heterocycles. The van der Waals surface area contributed by atoms with Gasteiger partial charge in [-0.05, 0) is 19.4 Å². The van der Waals surface area contributed by atoms with Crippen molar-refractivity contribution in [2.24, 2.45) is 5.92 Å². The lowest BCUT2D eigenvalue weighted by Gasteiger charge is -2.26. The molecule has 0 bridgehead atoms. The maximum atomic E-state index is 11.7. The van der Waals surface area contributed by atoms with Crippen molar-refractivity contribution in [2.45, 2.75) is 12.8 Å². The Balaban J connectivity index is 0.00000169. The van der Waals surface area contributed by atoms with Gasteiger partial charge in [-0.3, -0.25) is 4.79 Å². The molecule has 0 aromatic rings. The minimum atomic E-state index is 0. The summed E-state index contributed by atoms with van der Waals surface area (Å²) in [5.74, 6) is 0.270. The standard InChI is InChI=1S/C9H18N2O2.ClH/c1-11(5-6-12)9(13)8-3-2-4-10-7-8;/h8,10,12H,2-7H2,1H3;1H. The van der Waals surface area contributed by atoms with Crippen LogP contribution in [0.2, 0.25) is 0 Å². The lowest BCUT2D eigenvalue weighted by Crippen LogP contribution is -2.42. The van der Waals surface area contributed by atoms with Crippen LogP contribution in [0, 0.1) is 5.92 Å². The summed E-state index contributed by atoms with van der Waals surface area (Å²) in [7, 11) is 1.74. The van der Waals surface area contributed by atoms with Crippen LogP contribution in [0.15, 0.2) is 0 Å². The zero-order valence-corrected chi connectivity index (χ0v) is 9.35. The van der Waals surface area contributed by atoms with Crippen LogP contribution in [-0.2, 0) is 4.79 Å². The van der Waals surface area contributed by atoms with Crippen molar-refractivity contribution in [1.82, 2.24) is 10.2 Å². The molecule has 1 unspecified atom stereocenters. The molecular formula is C9H19ClN2O2. The lowest BCUT2D eigenvalue weighted by atomic mass is 9.98. The third kappa shape index (κ3) is 3.82. The minimum Gasteiger partial charge on any atom is -0.395 e. The number of likely N-dealkylation sites (N-methyl/N-ethyl adjacent to an activating group) is 1. The van der Waals surface area contributed by atoms with Crippen LogP contribution in [-0.4, -0.2) is 49.2 Å². The van der Waals surface area contributed by atoms with E-state index in [2.05, 4.69) is 5.32 Å². The summed E-state index contributed by atoms with van der Waals surface area (Å²) in [6.45, 7) is 2.29. The van der Waals surface area contributed by atoms with E-state index in [0.29, 0.717) is 6.54 Å². The van der Waals surface area contributed by atoms with E-state index in [9.17, 15) is 4.79 Å². The van der Waals surface area contributed by atoms with E-state index < -0.39 is 0 Å². The van der Waals surface area contributed by atoms with Crippen LogP contribution in [0.5, 0.6) is 0 Å². The summed E-state index contributed by atoms with van der Waals surface area (Å²) in [4.78, 5) is 13.3. The molecule has 0 radical (unpaired) electrons. The second-order valence-corrected chi connectivity index (χ2v) is 3.53. The Hall–Kier alpha value is -0.320. The van der Waals surface area contributed by atoms with E-state index in [4.69, 9.17) is 5.11 Å². The average molecular weight is 223 g/mol. The molecule has 1 saturated heterocycles. The summed E-state index contributed by atoms with van der Waals surface area (Å²) in [6.07, 6.45) is 2.05. The topological polar surface area (TPSA) is 52.6 Å². The van der Waals surface area contributed by atoms with Gasteiger partial charge in [-0.25, -0.2) is 0 Å². The van der Waals surface area contributed by atoms with Gasteiger partial charge in [-0.1, -0.05) is 0 Å². The highest BCUT2D eigenvalue weighted by Gasteiger charge is 2.23. The smallest absolute Gasteiger partial charge is 0.226 e. The van der Waals surface area contributed by atoms with E-state index in [1.807, 2.05) is 0 Å². The van der Waals surface area contributed by atoms with Gasteiger partial charge in [0, 0.05) is 20.1 Å². The van der Waals surface area contributed by atoms with E-state index >= 15 is 0 Å². The molecule has 1 fully saturated rings. The van der Waals surface area contributed by atoms with Crippen molar-refractivity contribution in [3.8, 4) is 0 Å². The number of halogens is 1. The Morgan fingerprint density at radius 3 is 2.86 bits per heavy atom. The quantitative estimate of drug-likeness (QED) is 0.699. The van der Waals surface area contributed by atoms with Gasteiger partial charge in [-0.2, -0.15) is 0 Å². The second kappa shape index (κ2) is 7.04. The number of rotatable bonds is 3. The van der Waals surface area contributed by atoms with Crippen LogP contribution in [0.1, 0.15) is 12.8 Å². The first-order chi connectivity index (χ1) is 6.25. The van der Waals surface area contributed by atoms with Gasteiger partial charge < -0.3 is 15.3 Å². The lowest BCUT2D eigenvalue weighted by molar-refractivity contribution is -0.135. The Morgan fingerprint density at radius 1 is 1.64 bits per heavy atom. The predicted octanol–water partition coefficient (Wildman–Crippen LogP) is -0.142. The predicted molar refractivity (Wildman–Crippen MR) is 57.6 cm³/mol. The van der Waals surface area contributed by atoms with Crippen molar-refractivity contribution in [3.05, 3.63) is 0 Å². The molecule has 2 N–H and O–H groups in total.